The quantitative estimate of drug-likeness (QED) is 0.331. The summed E-state index contributed by atoms with van der Waals surface area (Å²) in [4.78, 5) is 0. The normalized spacial score (nSPS) is 32.4. The average molecular weight is 321 g/mol. The van der Waals surface area contributed by atoms with Gasteiger partial charge in [0.1, 0.15) is 0 Å². The van der Waals surface area contributed by atoms with Crippen LogP contribution in [0.1, 0.15) is 97.3 Å². The van der Waals surface area contributed by atoms with Gasteiger partial charge in [-0.1, -0.05) is 44.8 Å². The fraction of sp³-hybridized carbons (Fsp3) is 0.909. The highest BCUT2D eigenvalue weighted by Gasteiger charge is 2.30. The van der Waals surface area contributed by atoms with Gasteiger partial charge in [-0.2, -0.15) is 0 Å². The monoisotopic (exact) mass is 320 g/mol. The van der Waals surface area contributed by atoms with Gasteiger partial charge in [0.05, 0.1) is 6.10 Å². The van der Waals surface area contributed by atoms with Crippen LogP contribution in [0, 0.1) is 17.8 Å². The Morgan fingerprint density at radius 2 is 1.52 bits per heavy atom. The first-order valence-corrected chi connectivity index (χ1v) is 10.6. The molecule has 0 aromatic heterocycles. The fourth-order valence-electron chi connectivity index (χ4n) is 4.76. The van der Waals surface area contributed by atoms with Crippen LogP contribution in [-0.2, 0) is 4.74 Å². The van der Waals surface area contributed by atoms with Crippen molar-refractivity contribution in [3.8, 4) is 0 Å². The van der Waals surface area contributed by atoms with Crippen molar-refractivity contribution in [1.29, 1.82) is 0 Å². The molecule has 0 radical (unpaired) electrons. The molecule has 23 heavy (non-hydrogen) atoms. The van der Waals surface area contributed by atoms with E-state index in [4.69, 9.17) is 4.74 Å². The van der Waals surface area contributed by atoms with Gasteiger partial charge in [-0.05, 0) is 82.5 Å². The fourth-order valence-corrected chi connectivity index (χ4v) is 4.76. The molecule has 2 fully saturated rings. The molecule has 1 heteroatoms. The van der Waals surface area contributed by atoms with Crippen molar-refractivity contribution >= 4 is 0 Å². The molecular formula is C22H40O. The maximum atomic E-state index is 6.03. The van der Waals surface area contributed by atoms with E-state index < -0.39 is 0 Å². The SMILES string of the molecule is C/C=C\CCCC1CCC(C2CCC(OCCCC)CC2)CC1. The van der Waals surface area contributed by atoms with Gasteiger partial charge in [-0.25, -0.2) is 0 Å². The van der Waals surface area contributed by atoms with Crippen LogP contribution >= 0.6 is 0 Å². The number of unbranched alkanes of at least 4 members (excludes halogenated alkanes) is 2. The lowest BCUT2D eigenvalue weighted by molar-refractivity contribution is 0.00577. The second-order valence-electron chi connectivity index (χ2n) is 8.04. The lowest BCUT2D eigenvalue weighted by Gasteiger charge is -2.37. The Bertz CT molecular complexity index is 306. The highest BCUT2D eigenvalue weighted by molar-refractivity contribution is 4.83. The first-order valence-electron chi connectivity index (χ1n) is 10.6. The van der Waals surface area contributed by atoms with Crippen LogP contribution in [0.25, 0.3) is 0 Å². The summed E-state index contributed by atoms with van der Waals surface area (Å²) in [6.07, 6.45) is 23.3. The molecular weight excluding hydrogens is 280 g/mol. The molecule has 0 bridgehead atoms. The largest absolute Gasteiger partial charge is 0.378 e. The highest BCUT2D eigenvalue weighted by atomic mass is 16.5. The number of rotatable bonds is 9. The van der Waals surface area contributed by atoms with E-state index in [1.807, 2.05) is 0 Å². The van der Waals surface area contributed by atoms with Gasteiger partial charge in [-0.3, -0.25) is 0 Å². The zero-order valence-corrected chi connectivity index (χ0v) is 15.8. The van der Waals surface area contributed by atoms with Crippen molar-refractivity contribution in [3.63, 3.8) is 0 Å². The van der Waals surface area contributed by atoms with Gasteiger partial charge in [0.2, 0.25) is 0 Å². The molecule has 0 N–H and O–H groups in total. The molecule has 2 saturated carbocycles. The minimum absolute atomic E-state index is 0.584. The van der Waals surface area contributed by atoms with E-state index in [0.717, 1.165) is 24.4 Å². The second-order valence-corrected chi connectivity index (χ2v) is 8.04. The van der Waals surface area contributed by atoms with E-state index >= 15 is 0 Å². The zero-order chi connectivity index (χ0) is 16.3. The minimum Gasteiger partial charge on any atom is -0.378 e. The molecule has 2 rings (SSSR count). The molecule has 0 aromatic rings. The summed E-state index contributed by atoms with van der Waals surface area (Å²) in [5, 5.41) is 0. The Kier molecular flexibility index (Phi) is 9.34. The van der Waals surface area contributed by atoms with Gasteiger partial charge >= 0.3 is 0 Å². The van der Waals surface area contributed by atoms with Crippen LogP contribution < -0.4 is 0 Å². The van der Waals surface area contributed by atoms with Gasteiger partial charge < -0.3 is 4.74 Å². The van der Waals surface area contributed by atoms with Crippen molar-refractivity contribution in [2.45, 2.75) is 103 Å². The Morgan fingerprint density at radius 1 is 0.870 bits per heavy atom. The molecule has 0 aliphatic heterocycles. The second kappa shape index (κ2) is 11.3. The predicted molar refractivity (Wildman–Crippen MR) is 101 cm³/mol. The maximum absolute atomic E-state index is 6.03. The predicted octanol–water partition coefficient (Wildman–Crippen LogP) is 6.91. The van der Waals surface area contributed by atoms with Crippen LogP contribution in [0.3, 0.4) is 0 Å². The van der Waals surface area contributed by atoms with E-state index in [9.17, 15) is 0 Å². The summed E-state index contributed by atoms with van der Waals surface area (Å²) in [6, 6.07) is 0. The Labute approximate surface area is 145 Å². The van der Waals surface area contributed by atoms with Crippen LogP contribution in [0.4, 0.5) is 0 Å². The molecule has 0 atom stereocenters. The van der Waals surface area contributed by atoms with Gasteiger partial charge in [0, 0.05) is 6.61 Å². The lowest BCUT2D eigenvalue weighted by atomic mass is 9.70. The van der Waals surface area contributed by atoms with Crippen molar-refractivity contribution in [1.82, 2.24) is 0 Å². The molecule has 2 aliphatic rings. The number of allylic oxidation sites excluding steroid dienone is 2. The summed E-state index contributed by atoms with van der Waals surface area (Å²) in [6.45, 7) is 5.37. The van der Waals surface area contributed by atoms with Crippen molar-refractivity contribution < 1.29 is 4.74 Å². The molecule has 0 heterocycles. The molecule has 0 aromatic carbocycles. The zero-order valence-electron chi connectivity index (χ0n) is 15.8. The van der Waals surface area contributed by atoms with E-state index in [1.54, 1.807) is 0 Å². The van der Waals surface area contributed by atoms with Gasteiger partial charge in [0.25, 0.3) is 0 Å². The van der Waals surface area contributed by atoms with Gasteiger partial charge in [0.15, 0.2) is 0 Å². The molecule has 0 amide bonds. The number of hydrogen-bond donors (Lipinski definition) is 0. The Hall–Kier alpha value is -0.300. The topological polar surface area (TPSA) is 9.23 Å². The first kappa shape index (κ1) is 19.0. The Balaban J connectivity index is 1.57. The summed E-state index contributed by atoms with van der Waals surface area (Å²) in [7, 11) is 0. The number of hydrogen-bond acceptors (Lipinski definition) is 1. The first-order chi connectivity index (χ1) is 11.3. The summed E-state index contributed by atoms with van der Waals surface area (Å²) in [5.74, 6) is 3.09. The molecule has 0 unspecified atom stereocenters. The summed E-state index contributed by atoms with van der Waals surface area (Å²) < 4.78 is 6.03. The van der Waals surface area contributed by atoms with Gasteiger partial charge in [-0.15, -0.1) is 0 Å². The summed E-state index contributed by atoms with van der Waals surface area (Å²) >= 11 is 0. The standard InChI is InChI=1S/C22H40O/c1-3-5-7-8-9-19-10-12-20(13-11-19)21-14-16-22(17-15-21)23-18-6-4-2/h3,5,19-22H,4,6-18H2,1-2H3/b5-3-. The minimum atomic E-state index is 0.584. The van der Waals surface area contributed by atoms with Crippen LogP contribution in [0.5, 0.6) is 0 Å². The van der Waals surface area contributed by atoms with Crippen LogP contribution in [-0.4, -0.2) is 12.7 Å². The van der Waals surface area contributed by atoms with E-state index in [-0.39, 0.29) is 0 Å². The molecule has 2 aliphatic carbocycles. The van der Waals surface area contributed by atoms with Crippen molar-refractivity contribution in [2.75, 3.05) is 6.61 Å². The van der Waals surface area contributed by atoms with Crippen molar-refractivity contribution in [3.05, 3.63) is 12.2 Å². The molecule has 0 spiro atoms. The third kappa shape index (κ3) is 6.99. The third-order valence-electron chi connectivity index (χ3n) is 6.35. The smallest absolute Gasteiger partial charge is 0.0575 e. The summed E-state index contributed by atoms with van der Waals surface area (Å²) in [5.41, 5.74) is 0. The maximum Gasteiger partial charge on any atom is 0.0575 e. The third-order valence-corrected chi connectivity index (χ3v) is 6.35. The highest BCUT2D eigenvalue weighted by Crippen LogP contribution is 2.41. The van der Waals surface area contributed by atoms with Crippen LogP contribution in [0.15, 0.2) is 12.2 Å². The van der Waals surface area contributed by atoms with E-state index in [2.05, 4.69) is 26.0 Å². The lowest BCUT2D eigenvalue weighted by Crippen LogP contribution is -2.28. The van der Waals surface area contributed by atoms with E-state index in [0.29, 0.717) is 6.10 Å². The van der Waals surface area contributed by atoms with Crippen molar-refractivity contribution in [2.24, 2.45) is 17.8 Å². The molecule has 134 valence electrons. The Morgan fingerprint density at radius 3 is 2.13 bits per heavy atom. The number of ether oxygens (including phenoxy) is 1. The van der Waals surface area contributed by atoms with E-state index in [1.165, 1.54) is 83.5 Å². The molecule has 1 nitrogen and oxygen atoms in total. The molecule has 0 saturated heterocycles. The average Bonchev–Trinajstić information content (AvgIpc) is 2.60. The van der Waals surface area contributed by atoms with Crippen LogP contribution in [0.2, 0.25) is 0 Å².